The van der Waals surface area contributed by atoms with Gasteiger partial charge in [-0.25, -0.2) is 0 Å². The molecule has 0 bridgehead atoms. The Hall–Kier alpha value is -0.700. The molecule has 2 nitrogen and oxygen atoms in total. The molecule has 0 aromatic heterocycles. The maximum absolute atomic E-state index is 5.78. The number of hydrogen-bond acceptors (Lipinski definition) is 2. The van der Waals surface area contributed by atoms with Crippen molar-refractivity contribution in [3.8, 4) is 0 Å². The van der Waals surface area contributed by atoms with Crippen LogP contribution in [0.1, 0.15) is 0 Å². The van der Waals surface area contributed by atoms with Crippen LogP contribution in [0.2, 0.25) is 0 Å². The molecule has 0 radical (unpaired) electrons. The predicted octanol–water partition coefficient (Wildman–Crippen LogP) is -1.19. The third-order valence-corrected chi connectivity index (χ3v) is 1.94. The van der Waals surface area contributed by atoms with Gasteiger partial charge in [-0.3, -0.25) is 0 Å². The molecule has 0 amide bonds. The smallest absolute Gasteiger partial charge is 0.398 e. The van der Waals surface area contributed by atoms with Crippen molar-refractivity contribution in [2.75, 3.05) is 11.5 Å². The zero-order chi connectivity index (χ0) is 8.55. The van der Waals surface area contributed by atoms with Gasteiger partial charge in [0.1, 0.15) is 0 Å². The van der Waals surface area contributed by atoms with Crippen molar-refractivity contribution in [2.24, 2.45) is 0 Å². The molecule has 4 N–H and O–H groups in total. The minimum atomic E-state index is 0. The SMILES string of the molecule is Nc1ccc2c[c-]ccc2c1N.[Na+]. The maximum Gasteiger partial charge on any atom is 1.00 e. The quantitative estimate of drug-likeness (QED) is 0.304. The van der Waals surface area contributed by atoms with Crippen molar-refractivity contribution in [3.05, 3.63) is 36.4 Å². The van der Waals surface area contributed by atoms with Gasteiger partial charge in [-0.15, -0.1) is 16.8 Å². The molecule has 2 rings (SSSR count). The molecule has 0 spiro atoms. The van der Waals surface area contributed by atoms with E-state index in [1.54, 1.807) is 0 Å². The van der Waals surface area contributed by atoms with E-state index in [0.717, 1.165) is 10.8 Å². The Bertz CT molecular complexity index is 426. The van der Waals surface area contributed by atoms with Crippen molar-refractivity contribution in [1.29, 1.82) is 0 Å². The van der Waals surface area contributed by atoms with Gasteiger partial charge < -0.3 is 11.5 Å². The Morgan fingerprint density at radius 2 is 1.85 bits per heavy atom. The monoisotopic (exact) mass is 180 g/mol. The predicted molar refractivity (Wildman–Crippen MR) is 51.6 cm³/mol. The molecule has 0 aliphatic heterocycles. The first-order valence-electron chi connectivity index (χ1n) is 3.73. The van der Waals surface area contributed by atoms with Crippen LogP contribution in [-0.4, -0.2) is 0 Å². The second-order valence-corrected chi connectivity index (χ2v) is 2.72. The second-order valence-electron chi connectivity index (χ2n) is 2.72. The van der Waals surface area contributed by atoms with Crippen LogP contribution in [0.25, 0.3) is 10.8 Å². The van der Waals surface area contributed by atoms with Crippen LogP contribution in [-0.2, 0) is 0 Å². The van der Waals surface area contributed by atoms with Gasteiger partial charge in [0.15, 0.2) is 0 Å². The van der Waals surface area contributed by atoms with Gasteiger partial charge in [-0.2, -0.15) is 24.3 Å². The van der Waals surface area contributed by atoms with E-state index in [2.05, 4.69) is 6.07 Å². The number of nitrogens with two attached hydrogens (primary N) is 2. The summed E-state index contributed by atoms with van der Waals surface area (Å²) in [6.07, 6.45) is 0. The van der Waals surface area contributed by atoms with Crippen LogP contribution in [0.5, 0.6) is 0 Å². The molecule has 13 heavy (non-hydrogen) atoms. The third-order valence-electron chi connectivity index (χ3n) is 1.94. The molecule has 2 aromatic carbocycles. The number of rotatable bonds is 0. The van der Waals surface area contributed by atoms with Gasteiger partial charge in [-0.05, 0) is 6.07 Å². The van der Waals surface area contributed by atoms with E-state index >= 15 is 0 Å². The van der Waals surface area contributed by atoms with Crippen LogP contribution >= 0.6 is 0 Å². The van der Waals surface area contributed by atoms with Crippen LogP contribution < -0.4 is 41.0 Å². The minimum Gasteiger partial charge on any atom is -0.398 e. The zero-order valence-corrected chi connectivity index (χ0v) is 9.54. The van der Waals surface area contributed by atoms with Crippen LogP contribution in [0.15, 0.2) is 30.3 Å². The molecule has 0 fully saturated rings. The molecule has 0 saturated heterocycles. The average Bonchev–Trinajstić information content (AvgIpc) is 2.12. The molecule has 0 aliphatic rings. The molecule has 0 unspecified atom stereocenters. The number of benzene rings is 2. The number of hydrogen-bond donors (Lipinski definition) is 2. The molecule has 0 atom stereocenters. The molecule has 0 aliphatic carbocycles. The van der Waals surface area contributed by atoms with Crippen LogP contribution in [0.4, 0.5) is 11.4 Å². The fraction of sp³-hybridized carbons (Fsp3) is 0. The second kappa shape index (κ2) is 4.01. The Labute approximate surface area is 99.2 Å². The van der Waals surface area contributed by atoms with Gasteiger partial charge >= 0.3 is 29.6 Å². The molecular weight excluding hydrogens is 171 g/mol. The first-order chi connectivity index (χ1) is 5.79. The van der Waals surface area contributed by atoms with Gasteiger partial charge in [0.05, 0.1) is 5.69 Å². The van der Waals surface area contributed by atoms with Gasteiger partial charge in [0.2, 0.25) is 0 Å². The summed E-state index contributed by atoms with van der Waals surface area (Å²) in [5.41, 5.74) is 12.7. The summed E-state index contributed by atoms with van der Waals surface area (Å²) in [6, 6.07) is 12.4. The third kappa shape index (κ3) is 1.80. The van der Waals surface area contributed by atoms with E-state index in [-0.39, 0.29) is 29.6 Å². The molecule has 0 saturated carbocycles. The molecule has 3 heteroatoms. The standard InChI is InChI=1S/C10H9N2.Na/c11-9-6-5-7-3-1-2-4-8(7)10(9)12;/h2-6H,11-12H2;/q-1;+1. The molecule has 0 heterocycles. The van der Waals surface area contributed by atoms with Crippen LogP contribution in [0, 0.1) is 6.07 Å². The Balaban J connectivity index is 0.000000845. The largest absolute Gasteiger partial charge is 1.00 e. The summed E-state index contributed by atoms with van der Waals surface area (Å²) >= 11 is 0. The van der Waals surface area contributed by atoms with E-state index < -0.39 is 0 Å². The van der Waals surface area contributed by atoms with E-state index in [1.165, 1.54) is 0 Å². The van der Waals surface area contributed by atoms with Crippen molar-refractivity contribution >= 4 is 22.1 Å². The van der Waals surface area contributed by atoms with E-state index in [0.29, 0.717) is 11.4 Å². The fourth-order valence-electron chi connectivity index (χ4n) is 1.25. The zero-order valence-electron chi connectivity index (χ0n) is 7.54. The maximum atomic E-state index is 5.78. The fourth-order valence-corrected chi connectivity index (χ4v) is 1.25. The first-order valence-corrected chi connectivity index (χ1v) is 3.73. The van der Waals surface area contributed by atoms with E-state index in [1.807, 2.05) is 30.3 Å². The Kier molecular flexibility index (Phi) is 3.20. The molecule has 2 aromatic rings. The summed E-state index contributed by atoms with van der Waals surface area (Å²) in [6.45, 7) is 0. The van der Waals surface area contributed by atoms with Crippen molar-refractivity contribution in [2.45, 2.75) is 0 Å². The van der Waals surface area contributed by atoms with Crippen molar-refractivity contribution in [1.82, 2.24) is 0 Å². The van der Waals surface area contributed by atoms with Crippen molar-refractivity contribution in [3.63, 3.8) is 0 Å². The van der Waals surface area contributed by atoms with Crippen LogP contribution in [0.3, 0.4) is 0 Å². The summed E-state index contributed by atoms with van der Waals surface area (Å²) in [5, 5.41) is 2.07. The summed E-state index contributed by atoms with van der Waals surface area (Å²) < 4.78 is 0. The first kappa shape index (κ1) is 10.4. The van der Waals surface area contributed by atoms with Gasteiger partial charge in [0, 0.05) is 5.69 Å². The average molecular weight is 180 g/mol. The minimum absolute atomic E-state index is 0. The summed E-state index contributed by atoms with van der Waals surface area (Å²) in [7, 11) is 0. The van der Waals surface area contributed by atoms with Crippen molar-refractivity contribution < 1.29 is 29.6 Å². The van der Waals surface area contributed by atoms with Gasteiger partial charge in [0.25, 0.3) is 0 Å². The topological polar surface area (TPSA) is 52.0 Å². The Morgan fingerprint density at radius 3 is 2.62 bits per heavy atom. The molecule has 60 valence electrons. The summed E-state index contributed by atoms with van der Waals surface area (Å²) in [4.78, 5) is 0. The van der Waals surface area contributed by atoms with E-state index in [4.69, 9.17) is 11.5 Å². The normalized spacial score (nSPS) is 9.54. The summed E-state index contributed by atoms with van der Waals surface area (Å²) in [5.74, 6) is 0. The number of nitrogen functional groups attached to an aromatic ring is 2. The van der Waals surface area contributed by atoms with E-state index in [9.17, 15) is 0 Å². The number of anilines is 2. The Morgan fingerprint density at radius 1 is 1.08 bits per heavy atom. The number of fused-ring (bicyclic) bond motifs is 1. The molecular formula is C10H9N2Na. The van der Waals surface area contributed by atoms with Gasteiger partial charge in [-0.1, -0.05) is 0 Å².